The molecule has 2 rings (SSSR count). The molecule has 0 aromatic heterocycles. The average molecular weight is 356 g/mol. The average Bonchev–Trinajstić information content (AvgIpc) is 2.55. The highest BCUT2D eigenvalue weighted by atomic mass is 32.2. The number of sulfonamides is 1. The number of nitro groups is 1. The van der Waals surface area contributed by atoms with E-state index in [0.29, 0.717) is 25.1 Å². The maximum atomic E-state index is 13.0. The van der Waals surface area contributed by atoms with E-state index in [1.54, 1.807) is 6.92 Å². The lowest BCUT2D eigenvalue weighted by atomic mass is 10.1. The third-order valence-corrected chi connectivity index (χ3v) is 6.16. The Morgan fingerprint density at radius 1 is 1.38 bits per heavy atom. The molecule has 0 bridgehead atoms. The molecule has 0 saturated carbocycles. The molecule has 1 atom stereocenters. The zero-order valence-corrected chi connectivity index (χ0v) is 14.9. The van der Waals surface area contributed by atoms with Crippen molar-refractivity contribution in [3.8, 4) is 0 Å². The van der Waals surface area contributed by atoms with E-state index < -0.39 is 14.9 Å². The van der Waals surface area contributed by atoms with Crippen LogP contribution in [-0.2, 0) is 14.8 Å². The molecule has 1 aromatic carbocycles. The van der Waals surface area contributed by atoms with Crippen LogP contribution in [0.25, 0.3) is 0 Å². The van der Waals surface area contributed by atoms with Crippen molar-refractivity contribution >= 4 is 15.7 Å². The summed E-state index contributed by atoms with van der Waals surface area (Å²) in [6.07, 6.45) is 3.42. The summed E-state index contributed by atoms with van der Waals surface area (Å²) < 4.78 is 33.1. The van der Waals surface area contributed by atoms with Gasteiger partial charge in [-0.25, -0.2) is 8.42 Å². The summed E-state index contributed by atoms with van der Waals surface area (Å²) in [5.74, 6) is 0. The molecular weight excluding hydrogens is 332 g/mol. The van der Waals surface area contributed by atoms with Crippen molar-refractivity contribution in [2.24, 2.45) is 0 Å². The van der Waals surface area contributed by atoms with Crippen LogP contribution in [0.3, 0.4) is 0 Å². The van der Waals surface area contributed by atoms with E-state index >= 15 is 0 Å². The quantitative estimate of drug-likeness (QED) is 0.553. The van der Waals surface area contributed by atoms with Crippen molar-refractivity contribution in [2.45, 2.75) is 50.5 Å². The summed E-state index contributed by atoms with van der Waals surface area (Å²) in [6, 6.07) is 3.95. The normalized spacial score (nSPS) is 18.7. The van der Waals surface area contributed by atoms with E-state index in [1.807, 2.05) is 6.92 Å². The van der Waals surface area contributed by atoms with Crippen LogP contribution in [0, 0.1) is 17.0 Å². The molecule has 0 radical (unpaired) electrons. The first kappa shape index (κ1) is 18.8. The number of non-ortho nitro benzene ring substituents is 1. The number of nitrogens with zero attached hydrogens (tertiary/aromatic N) is 2. The number of hydrogen-bond acceptors (Lipinski definition) is 5. The van der Waals surface area contributed by atoms with Gasteiger partial charge >= 0.3 is 0 Å². The maximum absolute atomic E-state index is 13.0. The predicted molar refractivity (Wildman–Crippen MR) is 90.5 cm³/mol. The summed E-state index contributed by atoms with van der Waals surface area (Å²) in [7, 11) is -3.80. The Labute approximate surface area is 142 Å². The minimum absolute atomic E-state index is 0.000888. The van der Waals surface area contributed by atoms with Gasteiger partial charge in [0, 0.05) is 31.8 Å². The van der Waals surface area contributed by atoms with Crippen LogP contribution in [0.15, 0.2) is 23.1 Å². The highest BCUT2D eigenvalue weighted by Crippen LogP contribution is 2.26. The Morgan fingerprint density at radius 2 is 2.12 bits per heavy atom. The van der Waals surface area contributed by atoms with Crippen LogP contribution in [0.5, 0.6) is 0 Å². The highest BCUT2D eigenvalue weighted by Gasteiger charge is 2.30. The first-order valence-corrected chi connectivity index (χ1v) is 9.67. The first-order valence-electron chi connectivity index (χ1n) is 8.23. The molecule has 8 heteroatoms. The van der Waals surface area contributed by atoms with Crippen molar-refractivity contribution in [1.29, 1.82) is 0 Å². The molecule has 1 saturated heterocycles. The zero-order chi connectivity index (χ0) is 17.7. The molecule has 0 N–H and O–H groups in total. The van der Waals surface area contributed by atoms with Gasteiger partial charge in [0.1, 0.15) is 0 Å². The SMILES string of the molecule is CCCN(C[C@H]1CCCCO1)S(=O)(=O)c1cc([N+](=O)[O-])ccc1C. The fourth-order valence-corrected chi connectivity index (χ4v) is 4.67. The van der Waals surface area contributed by atoms with E-state index in [4.69, 9.17) is 4.74 Å². The Balaban J connectivity index is 2.33. The number of rotatable bonds is 7. The van der Waals surface area contributed by atoms with Gasteiger partial charge in [-0.15, -0.1) is 0 Å². The smallest absolute Gasteiger partial charge is 0.270 e. The Morgan fingerprint density at radius 3 is 2.71 bits per heavy atom. The predicted octanol–water partition coefficient (Wildman–Crippen LogP) is 2.87. The molecule has 134 valence electrons. The van der Waals surface area contributed by atoms with E-state index in [-0.39, 0.29) is 23.2 Å². The Kier molecular flexibility index (Phi) is 6.31. The van der Waals surface area contributed by atoms with E-state index in [2.05, 4.69) is 0 Å². The molecule has 1 aromatic rings. The maximum Gasteiger partial charge on any atom is 0.270 e. The Bertz CT molecular complexity index is 684. The number of nitro benzene ring substituents is 1. The van der Waals surface area contributed by atoms with Crippen molar-refractivity contribution < 1.29 is 18.1 Å². The monoisotopic (exact) mass is 356 g/mol. The topological polar surface area (TPSA) is 89.8 Å². The van der Waals surface area contributed by atoms with E-state index in [1.165, 1.54) is 16.4 Å². The molecule has 24 heavy (non-hydrogen) atoms. The number of ether oxygens (including phenoxy) is 1. The fourth-order valence-electron chi connectivity index (χ4n) is 2.86. The van der Waals surface area contributed by atoms with Gasteiger partial charge in [0.05, 0.1) is 15.9 Å². The molecule has 0 unspecified atom stereocenters. The number of hydrogen-bond donors (Lipinski definition) is 0. The third kappa shape index (κ3) is 4.31. The standard InChI is InChI=1S/C16H24N2O5S/c1-3-9-17(12-15-6-4-5-10-23-15)24(21,22)16-11-14(18(19)20)8-7-13(16)2/h7-8,11,15H,3-6,9-10,12H2,1-2H3/t15-/m1/s1. The molecule has 1 aliphatic rings. The highest BCUT2D eigenvalue weighted by molar-refractivity contribution is 7.89. The number of benzene rings is 1. The zero-order valence-electron chi connectivity index (χ0n) is 14.1. The summed E-state index contributed by atoms with van der Waals surface area (Å²) >= 11 is 0. The fraction of sp³-hybridized carbons (Fsp3) is 0.625. The van der Waals surface area contributed by atoms with Crippen LogP contribution in [-0.4, -0.2) is 43.4 Å². The van der Waals surface area contributed by atoms with Gasteiger partial charge < -0.3 is 4.74 Å². The number of aryl methyl sites for hydroxylation is 1. The largest absolute Gasteiger partial charge is 0.377 e. The second-order valence-corrected chi connectivity index (χ2v) is 7.96. The van der Waals surface area contributed by atoms with Crippen LogP contribution >= 0.6 is 0 Å². The van der Waals surface area contributed by atoms with Crippen LogP contribution in [0.4, 0.5) is 5.69 Å². The summed E-state index contributed by atoms with van der Waals surface area (Å²) in [5.41, 5.74) is 0.288. The van der Waals surface area contributed by atoms with Crippen LogP contribution in [0.1, 0.15) is 38.2 Å². The second-order valence-electron chi connectivity index (χ2n) is 6.06. The molecule has 0 aliphatic carbocycles. The summed E-state index contributed by atoms with van der Waals surface area (Å²) in [4.78, 5) is 10.4. The van der Waals surface area contributed by atoms with E-state index in [0.717, 1.165) is 25.3 Å². The van der Waals surface area contributed by atoms with E-state index in [9.17, 15) is 18.5 Å². The second kappa shape index (κ2) is 8.04. The lowest BCUT2D eigenvalue weighted by molar-refractivity contribution is -0.385. The lowest BCUT2D eigenvalue weighted by Crippen LogP contribution is -2.40. The molecule has 1 aliphatic heterocycles. The molecule has 0 amide bonds. The third-order valence-electron chi connectivity index (χ3n) is 4.15. The lowest BCUT2D eigenvalue weighted by Gasteiger charge is -2.29. The van der Waals surface area contributed by atoms with Gasteiger partial charge in [-0.3, -0.25) is 10.1 Å². The minimum Gasteiger partial charge on any atom is -0.377 e. The van der Waals surface area contributed by atoms with Crippen molar-refractivity contribution in [3.05, 3.63) is 33.9 Å². The van der Waals surface area contributed by atoms with Gasteiger partial charge in [0.25, 0.3) is 5.69 Å². The summed E-state index contributed by atoms with van der Waals surface area (Å²) in [6.45, 7) is 4.87. The van der Waals surface area contributed by atoms with Gasteiger partial charge in [-0.1, -0.05) is 13.0 Å². The van der Waals surface area contributed by atoms with Gasteiger partial charge in [0.15, 0.2) is 0 Å². The molecule has 1 heterocycles. The van der Waals surface area contributed by atoms with Gasteiger partial charge in [0.2, 0.25) is 10.0 Å². The van der Waals surface area contributed by atoms with Crippen molar-refractivity contribution in [1.82, 2.24) is 4.31 Å². The van der Waals surface area contributed by atoms with Crippen molar-refractivity contribution in [2.75, 3.05) is 19.7 Å². The van der Waals surface area contributed by atoms with Crippen LogP contribution in [0.2, 0.25) is 0 Å². The Hall–Kier alpha value is -1.51. The van der Waals surface area contributed by atoms with Crippen molar-refractivity contribution in [3.63, 3.8) is 0 Å². The van der Waals surface area contributed by atoms with Gasteiger partial charge in [-0.05, 0) is 38.2 Å². The van der Waals surface area contributed by atoms with Crippen LogP contribution < -0.4 is 0 Å². The van der Waals surface area contributed by atoms with Gasteiger partial charge in [-0.2, -0.15) is 4.31 Å². The molecule has 7 nitrogen and oxygen atoms in total. The summed E-state index contributed by atoms with van der Waals surface area (Å²) in [5, 5.41) is 11.0. The minimum atomic E-state index is -3.80. The molecular formula is C16H24N2O5S. The molecule has 0 spiro atoms. The molecule has 1 fully saturated rings. The first-order chi connectivity index (χ1) is 11.4.